The monoisotopic (exact) mass is 281 g/mol. The van der Waals surface area contributed by atoms with Crippen LogP contribution in [-0.2, 0) is 0 Å². The molecule has 0 spiro atoms. The van der Waals surface area contributed by atoms with E-state index >= 15 is 0 Å². The van der Waals surface area contributed by atoms with Gasteiger partial charge in [-0.05, 0) is 25.3 Å². The molecule has 0 amide bonds. The molecule has 1 aromatic carbocycles. The van der Waals surface area contributed by atoms with Gasteiger partial charge < -0.3 is 24.3 Å². The van der Waals surface area contributed by atoms with Crippen molar-refractivity contribution in [3.63, 3.8) is 0 Å². The Kier molecular flexibility index (Phi) is 5.35. The molecule has 0 saturated heterocycles. The summed E-state index contributed by atoms with van der Waals surface area (Å²) in [5.74, 6) is 3.39. The predicted octanol–water partition coefficient (Wildman–Crippen LogP) is 2.09. The Morgan fingerprint density at radius 2 is 1.70 bits per heavy atom. The van der Waals surface area contributed by atoms with Crippen LogP contribution in [0.15, 0.2) is 12.1 Å². The quantitative estimate of drug-likeness (QED) is 0.702. The highest BCUT2D eigenvalue weighted by atomic mass is 16.5. The predicted molar refractivity (Wildman–Crippen MR) is 77.2 cm³/mol. The number of ether oxygens (including phenoxy) is 4. The first-order valence-electron chi connectivity index (χ1n) is 6.92. The Morgan fingerprint density at radius 3 is 2.20 bits per heavy atom. The largest absolute Gasteiger partial charge is 0.493 e. The Bertz CT molecular complexity index is 407. The van der Waals surface area contributed by atoms with Gasteiger partial charge in [-0.15, -0.1) is 0 Å². The Morgan fingerprint density at radius 1 is 1.05 bits per heavy atom. The van der Waals surface area contributed by atoms with Gasteiger partial charge in [0, 0.05) is 18.7 Å². The van der Waals surface area contributed by atoms with E-state index in [-0.39, 0.29) is 0 Å². The molecule has 2 rings (SSSR count). The Hall–Kier alpha value is -1.62. The van der Waals surface area contributed by atoms with Crippen molar-refractivity contribution in [2.75, 3.05) is 41.0 Å². The maximum Gasteiger partial charge on any atom is 0.203 e. The van der Waals surface area contributed by atoms with Crippen LogP contribution in [0, 0.1) is 5.92 Å². The normalized spacial score (nSPS) is 13.9. The van der Waals surface area contributed by atoms with Gasteiger partial charge in [0.2, 0.25) is 5.75 Å². The minimum atomic E-state index is 0.578. The highest BCUT2D eigenvalue weighted by molar-refractivity contribution is 5.55. The number of benzene rings is 1. The topological polar surface area (TPSA) is 49.0 Å². The molecule has 0 bridgehead atoms. The zero-order valence-electron chi connectivity index (χ0n) is 12.4. The van der Waals surface area contributed by atoms with Crippen molar-refractivity contribution >= 4 is 0 Å². The van der Waals surface area contributed by atoms with Gasteiger partial charge in [-0.1, -0.05) is 0 Å². The molecular weight excluding hydrogens is 258 g/mol. The van der Waals surface area contributed by atoms with Crippen molar-refractivity contribution in [2.45, 2.75) is 12.8 Å². The van der Waals surface area contributed by atoms with Gasteiger partial charge in [-0.3, -0.25) is 0 Å². The number of hydrogen-bond acceptors (Lipinski definition) is 5. The maximum absolute atomic E-state index is 5.71. The summed E-state index contributed by atoms with van der Waals surface area (Å²) in [6.45, 7) is 2.55. The van der Waals surface area contributed by atoms with E-state index in [1.807, 2.05) is 12.1 Å². The fraction of sp³-hybridized carbons (Fsp3) is 0.600. The van der Waals surface area contributed by atoms with Gasteiger partial charge >= 0.3 is 0 Å². The van der Waals surface area contributed by atoms with Crippen LogP contribution in [0.5, 0.6) is 23.0 Å². The Labute approximate surface area is 120 Å². The fourth-order valence-electron chi connectivity index (χ4n) is 2.01. The molecule has 0 unspecified atom stereocenters. The third-order valence-corrected chi connectivity index (χ3v) is 3.32. The second-order valence-corrected chi connectivity index (χ2v) is 4.86. The lowest BCUT2D eigenvalue weighted by Gasteiger charge is -2.14. The van der Waals surface area contributed by atoms with Crippen LogP contribution in [0.4, 0.5) is 0 Å². The molecule has 5 nitrogen and oxygen atoms in total. The molecule has 1 aliphatic carbocycles. The summed E-state index contributed by atoms with van der Waals surface area (Å²) < 4.78 is 21.6. The first-order valence-corrected chi connectivity index (χ1v) is 6.92. The van der Waals surface area contributed by atoms with Crippen LogP contribution in [0.1, 0.15) is 12.8 Å². The van der Waals surface area contributed by atoms with Crippen molar-refractivity contribution in [3.8, 4) is 23.0 Å². The highest BCUT2D eigenvalue weighted by Gasteiger charge is 2.20. The summed E-state index contributed by atoms with van der Waals surface area (Å²) in [6, 6.07) is 3.62. The van der Waals surface area contributed by atoms with E-state index in [0.717, 1.165) is 19.0 Å². The fourth-order valence-corrected chi connectivity index (χ4v) is 2.01. The maximum atomic E-state index is 5.71. The van der Waals surface area contributed by atoms with Crippen LogP contribution in [0.25, 0.3) is 0 Å². The lowest BCUT2D eigenvalue weighted by Crippen LogP contribution is -2.23. The zero-order valence-corrected chi connectivity index (χ0v) is 12.4. The van der Waals surface area contributed by atoms with E-state index in [2.05, 4.69) is 5.32 Å². The van der Waals surface area contributed by atoms with E-state index in [0.29, 0.717) is 29.6 Å². The number of methoxy groups -OCH3 is 3. The van der Waals surface area contributed by atoms with Gasteiger partial charge in [0.1, 0.15) is 12.4 Å². The molecule has 0 heterocycles. The van der Waals surface area contributed by atoms with Gasteiger partial charge in [-0.2, -0.15) is 0 Å². The van der Waals surface area contributed by atoms with Gasteiger partial charge in [-0.25, -0.2) is 0 Å². The summed E-state index contributed by atoms with van der Waals surface area (Å²) in [7, 11) is 4.78. The zero-order chi connectivity index (χ0) is 14.4. The Balaban J connectivity index is 1.89. The molecule has 20 heavy (non-hydrogen) atoms. The smallest absolute Gasteiger partial charge is 0.203 e. The van der Waals surface area contributed by atoms with Gasteiger partial charge in [0.15, 0.2) is 11.5 Å². The van der Waals surface area contributed by atoms with Crippen molar-refractivity contribution < 1.29 is 18.9 Å². The third-order valence-electron chi connectivity index (χ3n) is 3.32. The van der Waals surface area contributed by atoms with Crippen molar-refractivity contribution in [2.24, 2.45) is 5.92 Å². The SMILES string of the molecule is COc1cc(OCCNCC2CC2)cc(OC)c1OC. The summed E-state index contributed by atoms with van der Waals surface area (Å²) >= 11 is 0. The molecule has 0 aromatic heterocycles. The van der Waals surface area contributed by atoms with Crippen molar-refractivity contribution in [1.29, 1.82) is 0 Å². The van der Waals surface area contributed by atoms with Crippen LogP contribution in [0.2, 0.25) is 0 Å². The molecule has 0 radical (unpaired) electrons. The molecule has 0 aliphatic heterocycles. The summed E-state index contributed by atoms with van der Waals surface area (Å²) in [6.07, 6.45) is 2.72. The standard InChI is InChI=1S/C15H23NO4/c1-17-13-8-12(9-14(18-2)15(13)19-3)20-7-6-16-10-11-4-5-11/h8-9,11,16H,4-7,10H2,1-3H3. The first-order chi connectivity index (χ1) is 9.78. The molecule has 1 fully saturated rings. The van der Waals surface area contributed by atoms with Crippen molar-refractivity contribution in [1.82, 2.24) is 5.32 Å². The third kappa shape index (κ3) is 3.93. The average Bonchev–Trinajstić information content (AvgIpc) is 3.29. The van der Waals surface area contributed by atoms with Crippen LogP contribution < -0.4 is 24.3 Å². The summed E-state index contributed by atoms with van der Waals surface area (Å²) in [5, 5.41) is 3.39. The van der Waals surface area contributed by atoms with Crippen molar-refractivity contribution in [3.05, 3.63) is 12.1 Å². The van der Waals surface area contributed by atoms with Gasteiger partial charge in [0.05, 0.1) is 21.3 Å². The molecule has 1 saturated carbocycles. The minimum absolute atomic E-state index is 0.578. The number of hydrogen-bond donors (Lipinski definition) is 1. The minimum Gasteiger partial charge on any atom is -0.493 e. The lowest BCUT2D eigenvalue weighted by atomic mass is 10.2. The summed E-state index contributed by atoms with van der Waals surface area (Å²) in [4.78, 5) is 0. The lowest BCUT2D eigenvalue weighted by molar-refractivity contribution is 0.296. The molecule has 1 aromatic rings. The van der Waals surface area contributed by atoms with E-state index in [1.54, 1.807) is 21.3 Å². The molecular formula is C15H23NO4. The van der Waals surface area contributed by atoms with Crippen LogP contribution in [0.3, 0.4) is 0 Å². The van der Waals surface area contributed by atoms with E-state index < -0.39 is 0 Å². The van der Waals surface area contributed by atoms with Gasteiger partial charge in [0.25, 0.3) is 0 Å². The molecule has 0 atom stereocenters. The second kappa shape index (κ2) is 7.24. The molecule has 1 N–H and O–H groups in total. The van der Waals surface area contributed by atoms with E-state index in [9.17, 15) is 0 Å². The first kappa shape index (κ1) is 14.8. The summed E-state index contributed by atoms with van der Waals surface area (Å²) in [5.41, 5.74) is 0. The van der Waals surface area contributed by atoms with Crippen LogP contribution >= 0.6 is 0 Å². The highest BCUT2D eigenvalue weighted by Crippen LogP contribution is 2.40. The van der Waals surface area contributed by atoms with Crippen LogP contribution in [-0.4, -0.2) is 41.0 Å². The molecule has 112 valence electrons. The number of nitrogens with one attached hydrogen (secondary N) is 1. The van der Waals surface area contributed by atoms with E-state index in [4.69, 9.17) is 18.9 Å². The molecule has 5 heteroatoms. The number of rotatable bonds is 9. The second-order valence-electron chi connectivity index (χ2n) is 4.86. The molecule has 1 aliphatic rings. The van der Waals surface area contributed by atoms with E-state index in [1.165, 1.54) is 12.8 Å². The average molecular weight is 281 g/mol.